The number of amides is 2. The average molecular weight is 320 g/mol. The number of hydrogen-bond donors (Lipinski definition) is 1. The van der Waals surface area contributed by atoms with Gasteiger partial charge in [0.1, 0.15) is 5.82 Å². The summed E-state index contributed by atoms with van der Waals surface area (Å²) in [5.41, 5.74) is 0.279. The molecule has 0 bridgehead atoms. The second-order valence-corrected chi connectivity index (χ2v) is 5.99. The summed E-state index contributed by atoms with van der Waals surface area (Å²) < 4.78 is 13.2. The lowest BCUT2D eigenvalue weighted by Crippen LogP contribution is -2.40. The van der Waals surface area contributed by atoms with E-state index in [9.17, 15) is 18.8 Å². The molecule has 2 saturated heterocycles. The van der Waals surface area contributed by atoms with Crippen molar-refractivity contribution in [2.45, 2.75) is 18.9 Å². The largest absolute Gasteiger partial charge is 0.481 e. The molecule has 23 heavy (non-hydrogen) atoms. The zero-order chi connectivity index (χ0) is 16.6. The summed E-state index contributed by atoms with van der Waals surface area (Å²) in [7, 11) is 0. The monoisotopic (exact) mass is 320 g/mol. The Labute approximate surface area is 132 Å². The van der Waals surface area contributed by atoms with Gasteiger partial charge in [-0.15, -0.1) is 0 Å². The molecule has 0 saturated carbocycles. The van der Waals surface area contributed by atoms with E-state index in [2.05, 4.69) is 0 Å². The van der Waals surface area contributed by atoms with Crippen LogP contribution in [0.1, 0.15) is 23.2 Å². The zero-order valence-corrected chi connectivity index (χ0v) is 12.4. The third kappa shape index (κ3) is 3.04. The van der Waals surface area contributed by atoms with Gasteiger partial charge in [0, 0.05) is 31.6 Å². The summed E-state index contributed by atoms with van der Waals surface area (Å²) in [6, 6.07) is 5.34. The quantitative estimate of drug-likeness (QED) is 0.900. The summed E-state index contributed by atoms with van der Waals surface area (Å²) in [4.78, 5) is 38.5. The van der Waals surface area contributed by atoms with E-state index in [4.69, 9.17) is 5.11 Å². The number of carbonyl (C=O) groups excluding carboxylic acids is 2. The van der Waals surface area contributed by atoms with Crippen LogP contribution in [0.3, 0.4) is 0 Å². The van der Waals surface area contributed by atoms with Crippen LogP contribution in [0.25, 0.3) is 0 Å². The standard InChI is InChI=1S/C16H17FN2O4/c17-12-3-1-2-10(6-12)15(21)18-5-4-13(9-18)19-8-11(16(22)23)7-14(19)20/h1-3,6,11,13H,4-5,7-9H2,(H,22,23). The molecule has 2 unspecified atom stereocenters. The Bertz CT molecular complexity index is 663. The molecule has 1 aromatic rings. The molecule has 2 heterocycles. The molecule has 0 aliphatic carbocycles. The number of carbonyl (C=O) groups is 3. The molecule has 2 atom stereocenters. The van der Waals surface area contributed by atoms with Crippen LogP contribution in [-0.2, 0) is 9.59 Å². The molecule has 122 valence electrons. The number of carboxylic acids is 1. The molecular weight excluding hydrogens is 303 g/mol. The molecule has 2 aliphatic rings. The van der Waals surface area contributed by atoms with Crippen molar-refractivity contribution in [1.29, 1.82) is 0 Å². The number of likely N-dealkylation sites (tertiary alicyclic amines) is 2. The molecule has 1 aromatic carbocycles. The van der Waals surface area contributed by atoms with Gasteiger partial charge in [-0.05, 0) is 24.6 Å². The van der Waals surface area contributed by atoms with E-state index in [1.165, 1.54) is 18.2 Å². The van der Waals surface area contributed by atoms with Crippen LogP contribution in [-0.4, -0.2) is 58.4 Å². The topological polar surface area (TPSA) is 77.9 Å². The second-order valence-electron chi connectivity index (χ2n) is 5.99. The number of hydrogen-bond acceptors (Lipinski definition) is 3. The van der Waals surface area contributed by atoms with E-state index < -0.39 is 17.7 Å². The summed E-state index contributed by atoms with van der Waals surface area (Å²) in [6.07, 6.45) is 0.628. The van der Waals surface area contributed by atoms with Gasteiger partial charge >= 0.3 is 5.97 Å². The van der Waals surface area contributed by atoms with E-state index in [0.717, 1.165) is 0 Å². The Balaban J connectivity index is 1.66. The Morgan fingerprint density at radius 1 is 1.26 bits per heavy atom. The molecule has 6 nitrogen and oxygen atoms in total. The van der Waals surface area contributed by atoms with Crippen molar-refractivity contribution in [2.24, 2.45) is 5.92 Å². The highest BCUT2D eigenvalue weighted by Gasteiger charge is 2.41. The molecule has 0 radical (unpaired) electrons. The van der Waals surface area contributed by atoms with Crippen molar-refractivity contribution in [1.82, 2.24) is 9.80 Å². The molecule has 2 aliphatic heterocycles. The van der Waals surface area contributed by atoms with E-state index in [1.807, 2.05) is 0 Å². The first-order valence-corrected chi connectivity index (χ1v) is 7.53. The first-order chi connectivity index (χ1) is 11.0. The predicted octanol–water partition coefficient (Wildman–Crippen LogP) is 0.973. The van der Waals surface area contributed by atoms with Gasteiger partial charge in [0.25, 0.3) is 5.91 Å². The lowest BCUT2D eigenvalue weighted by atomic mass is 10.1. The van der Waals surface area contributed by atoms with Crippen LogP contribution < -0.4 is 0 Å². The molecule has 0 spiro atoms. The van der Waals surface area contributed by atoms with Crippen LogP contribution in [0, 0.1) is 11.7 Å². The van der Waals surface area contributed by atoms with Crippen molar-refractivity contribution >= 4 is 17.8 Å². The van der Waals surface area contributed by atoms with Crippen LogP contribution >= 0.6 is 0 Å². The maximum Gasteiger partial charge on any atom is 0.308 e. The molecule has 3 rings (SSSR count). The van der Waals surface area contributed by atoms with Crippen LogP contribution in [0.15, 0.2) is 24.3 Å². The number of nitrogens with zero attached hydrogens (tertiary/aromatic N) is 2. The van der Waals surface area contributed by atoms with Gasteiger partial charge in [0.2, 0.25) is 5.91 Å². The van der Waals surface area contributed by atoms with Crippen molar-refractivity contribution in [3.63, 3.8) is 0 Å². The molecule has 0 aromatic heterocycles. The summed E-state index contributed by atoms with van der Waals surface area (Å²) >= 11 is 0. The second kappa shape index (κ2) is 5.98. The van der Waals surface area contributed by atoms with Gasteiger partial charge in [0.05, 0.1) is 12.0 Å². The summed E-state index contributed by atoms with van der Waals surface area (Å²) in [5, 5.41) is 9.03. The van der Waals surface area contributed by atoms with Crippen molar-refractivity contribution < 1.29 is 23.9 Å². The maximum absolute atomic E-state index is 13.2. The molecule has 2 amide bonds. The van der Waals surface area contributed by atoms with Crippen molar-refractivity contribution in [3.8, 4) is 0 Å². The third-order valence-corrected chi connectivity index (χ3v) is 4.47. The van der Waals surface area contributed by atoms with Gasteiger partial charge in [-0.1, -0.05) is 6.07 Å². The Hall–Kier alpha value is -2.44. The number of carboxylic acid groups (broad SMARTS) is 1. The number of rotatable bonds is 3. The lowest BCUT2D eigenvalue weighted by Gasteiger charge is -2.24. The molecule has 2 fully saturated rings. The van der Waals surface area contributed by atoms with Crippen LogP contribution in [0.4, 0.5) is 4.39 Å². The third-order valence-electron chi connectivity index (χ3n) is 4.47. The number of aliphatic carboxylic acids is 1. The zero-order valence-electron chi connectivity index (χ0n) is 12.4. The first kappa shape index (κ1) is 15.5. The Morgan fingerprint density at radius 3 is 2.70 bits per heavy atom. The van der Waals surface area contributed by atoms with Crippen molar-refractivity contribution in [2.75, 3.05) is 19.6 Å². The van der Waals surface area contributed by atoms with Gasteiger partial charge in [-0.3, -0.25) is 14.4 Å². The number of halogens is 1. The average Bonchev–Trinajstić information content (AvgIpc) is 3.13. The fourth-order valence-electron chi connectivity index (χ4n) is 3.23. The van der Waals surface area contributed by atoms with Gasteiger partial charge in [0.15, 0.2) is 0 Å². The molecule has 7 heteroatoms. The molecular formula is C16H17FN2O4. The fraction of sp³-hybridized carbons (Fsp3) is 0.438. The Morgan fingerprint density at radius 2 is 2.04 bits per heavy atom. The smallest absolute Gasteiger partial charge is 0.308 e. The van der Waals surface area contributed by atoms with Gasteiger partial charge in [-0.2, -0.15) is 0 Å². The molecule has 1 N–H and O–H groups in total. The number of benzene rings is 1. The van der Waals surface area contributed by atoms with Gasteiger partial charge in [-0.25, -0.2) is 4.39 Å². The first-order valence-electron chi connectivity index (χ1n) is 7.53. The SMILES string of the molecule is O=C(O)C1CC(=O)N(C2CCN(C(=O)c3cccc(F)c3)C2)C1. The van der Waals surface area contributed by atoms with Gasteiger partial charge < -0.3 is 14.9 Å². The minimum atomic E-state index is -0.966. The minimum Gasteiger partial charge on any atom is -0.481 e. The highest BCUT2D eigenvalue weighted by Crippen LogP contribution is 2.26. The predicted molar refractivity (Wildman–Crippen MR) is 78.2 cm³/mol. The lowest BCUT2D eigenvalue weighted by molar-refractivity contribution is -0.141. The van der Waals surface area contributed by atoms with E-state index in [1.54, 1.807) is 15.9 Å². The Kier molecular flexibility index (Phi) is 4.02. The highest BCUT2D eigenvalue weighted by atomic mass is 19.1. The van der Waals surface area contributed by atoms with Crippen LogP contribution in [0.5, 0.6) is 0 Å². The summed E-state index contributed by atoms with van der Waals surface area (Å²) in [5.74, 6) is -2.55. The van der Waals surface area contributed by atoms with E-state index in [0.29, 0.717) is 19.5 Å². The van der Waals surface area contributed by atoms with Crippen LogP contribution in [0.2, 0.25) is 0 Å². The fourth-order valence-corrected chi connectivity index (χ4v) is 3.23. The minimum absolute atomic E-state index is 0.0175. The van der Waals surface area contributed by atoms with E-state index >= 15 is 0 Å². The van der Waals surface area contributed by atoms with E-state index in [-0.39, 0.29) is 36.4 Å². The normalized spacial score (nSPS) is 24.3. The maximum atomic E-state index is 13.2. The highest BCUT2D eigenvalue weighted by molar-refractivity contribution is 5.94. The van der Waals surface area contributed by atoms with Crippen molar-refractivity contribution in [3.05, 3.63) is 35.6 Å². The summed E-state index contributed by atoms with van der Waals surface area (Å²) in [6.45, 7) is 1.02.